The number of hydrogen-bond acceptors (Lipinski definition) is 4. The molecule has 0 aliphatic carbocycles. The molecule has 1 N–H and O–H groups in total. The predicted molar refractivity (Wildman–Crippen MR) is 83.1 cm³/mol. The molecule has 0 fully saturated rings. The van der Waals surface area contributed by atoms with Gasteiger partial charge in [0.25, 0.3) is 5.91 Å². The molecule has 0 radical (unpaired) electrons. The van der Waals surface area contributed by atoms with Crippen molar-refractivity contribution in [2.75, 3.05) is 18.9 Å². The Morgan fingerprint density at radius 1 is 1.24 bits per heavy atom. The first-order valence-corrected chi connectivity index (χ1v) is 7.06. The number of aromatic nitrogens is 2. The summed E-state index contributed by atoms with van der Waals surface area (Å²) in [5, 5.41) is 3.19. The zero-order valence-electron chi connectivity index (χ0n) is 12.4. The van der Waals surface area contributed by atoms with Crippen LogP contribution in [0.15, 0.2) is 42.7 Å². The Kier molecular flexibility index (Phi) is 5.26. The van der Waals surface area contributed by atoms with Crippen LogP contribution in [0.1, 0.15) is 29.4 Å². The molecule has 2 aromatic rings. The lowest BCUT2D eigenvalue weighted by molar-refractivity contribution is 0.0779. The largest absolute Gasteiger partial charge is 0.370 e. The predicted octanol–water partition coefficient (Wildman–Crippen LogP) is 2.57. The van der Waals surface area contributed by atoms with Crippen molar-refractivity contribution in [2.45, 2.75) is 19.9 Å². The zero-order chi connectivity index (χ0) is 15.1. The highest BCUT2D eigenvalue weighted by Gasteiger charge is 2.13. The molecule has 2 aromatic heterocycles. The molecule has 2 heterocycles. The molecule has 0 spiro atoms. The van der Waals surface area contributed by atoms with Crippen LogP contribution < -0.4 is 5.32 Å². The summed E-state index contributed by atoms with van der Waals surface area (Å²) in [6.07, 6.45) is 4.46. The first-order valence-electron chi connectivity index (χ1n) is 7.06. The van der Waals surface area contributed by atoms with Crippen molar-refractivity contribution >= 4 is 11.7 Å². The molecule has 0 aliphatic rings. The number of pyridine rings is 2. The molecule has 21 heavy (non-hydrogen) atoms. The van der Waals surface area contributed by atoms with Crippen LogP contribution in [0.3, 0.4) is 0 Å². The molecule has 0 bridgehead atoms. The third-order valence-electron chi connectivity index (χ3n) is 3.04. The molecule has 0 aliphatic heterocycles. The molecule has 0 aromatic carbocycles. The molecule has 5 nitrogen and oxygen atoms in total. The minimum atomic E-state index is -0.0908. The molecule has 5 heteroatoms. The second kappa shape index (κ2) is 7.38. The van der Waals surface area contributed by atoms with Crippen molar-refractivity contribution in [3.63, 3.8) is 0 Å². The molecule has 1 amide bonds. The summed E-state index contributed by atoms with van der Waals surface area (Å²) in [7, 11) is 1.77. The molecule has 0 saturated carbocycles. The summed E-state index contributed by atoms with van der Waals surface area (Å²) in [4.78, 5) is 22.4. The lowest BCUT2D eigenvalue weighted by atomic mass is 10.2. The van der Waals surface area contributed by atoms with Gasteiger partial charge in [0, 0.05) is 32.5 Å². The van der Waals surface area contributed by atoms with E-state index in [4.69, 9.17) is 0 Å². The van der Waals surface area contributed by atoms with Crippen LogP contribution in [0.25, 0.3) is 0 Å². The van der Waals surface area contributed by atoms with E-state index < -0.39 is 0 Å². The number of rotatable bonds is 6. The Morgan fingerprint density at radius 3 is 2.71 bits per heavy atom. The van der Waals surface area contributed by atoms with Crippen molar-refractivity contribution in [3.05, 3.63) is 54.0 Å². The van der Waals surface area contributed by atoms with Crippen LogP contribution in [0, 0.1) is 0 Å². The fourth-order valence-electron chi connectivity index (χ4n) is 1.93. The lowest BCUT2D eigenvalue weighted by Gasteiger charge is -2.17. The van der Waals surface area contributed by atoms with Crippen LogP contribution in [-0.4, -0.2) is 34.4 Å². The number of hydrogen-bond donors (Lipinski definition) is 1. The van der Waals surface area contributed by atoms with E-state index in [1.54, 1.807) is 30.4 Å². The Bertz CT molecular complexity index is 586. The van der Waals surface area contributed by atoms with E-state index in [1.165, 1.54) is 0 Å². The summed E-state index contributed by atoms with van der Waals surface area (Å²) in [5.41, 5.74) is 1.49. The van der Waals surface area contributed by atoms with E-state index in [-0.39, 0.29) is 5.91 Å². The van der Waals surface area contributed by atoms with Gasteiger partial charge in [-0.2, -0.15) is 0 Å². The number of nitrogens with one attached hydrogen (secondary N) is 1. The minimum Gasteiger partial charge on any atom is -0.370 e. The van der Waals surface area contributed by atoms with Crippen molar-refractivity contribution in [1.82, 2.24) is 14.9 Å². The highest BCUT2D eigenvalue weighted by atomic mass is 16.2. The number of carbonyl (C=O) groups is 1. The summed E-state index contributed by atoms with van der Waals surface area (Å²) in [6, 6.07) is 9.25. The second-order valence-electron chi connectivity index (χ2n) is 4.85. The summed E-state index contributed by atoms with van der Waals surface area (Å²) in [5.74, 6) is 0.645. The molecule has 0 saturated heterocycles. The molecule has 0 atom stereocenters. The molecular weight excluding hydrogens is 264 g/mol. The Balaban J connectivity index is 2.05. The van der Waals surface area contributed by atoms with Gasteiger partial charge in [0.2, 0.25) is 0 Å². The SMILES string of the molecule is CCCNc1cccc(C(=O)N(C)Cc2ccncc2)n1. The fraction of sp³-hybridized carbons (Fsp3) is 0.312. The highest BCUT2D eigenvalue weighted by molar-refractivity contribution is 5.92. The number of nitrogens with zero attached hydrogens (tertiary/aromatic N) is 3. The van der Waals surface area contributed by atoms with Crippen LogP contribution in [0.2, 0.25) is 0 Å². The Hall–Kier alpha value is -2.43. The third kappa shape index (κ3) is 4.27. The van der Waals surface area contributed by atoms with Gasteiger partial charge in [-0.05, 0) is 36.2 Å². The Labute approximate surface area is 125 Å². The number of anilines is 1. The van der Waals surface area contributed by atoms with E-state index >= 15 is 0 Å². The number of amides is 1. The Morgan fingerprint density at radius 2 is 2.00 bits per heavy atom. The average Bonchev–Trinajstić information content (AvgIpc) is 2.53. The second-order valence-corrected chi connectivity index (χ2v) is 4.85. The minimum absolute atomic E-state index is 0.0908. The molecule has 2 rings (SSSR count). The normalized spacial score (nSPS) is 10.2. The maximum Gasteiger partial charge on any atom is 0.272 e. The van der Waals surface area contributed by atoms with Gasteiger partial charge in [-0.25, -0.2) is 4.98 Å². The first-order chi connectivity index (χ1) is 10.2. The van der Waals surface area contributed by atoms with Gasteiger partial charge in [0.15, 0.2) is 0 Å². The van der Waals surface area contributed by atoms with Gasteiger partial charge in [-0.3, -0.25) is 9.78 Å². The first kappa shape index (κ1) is 15.0. The van der Waals surface area contributed by atoms with E-state index in [1.807, 2.05) is 24.3 Å². The standard InChI is InChI=1S/C16H20N4O/c1-3-9-18-15-6-4-5-14(19-15)16(21)20(2)12-13-7-10-17-11-8-13/h4-8,10-11H,3,9,12H2,1-2H3,(H,18,19). The van der Waals surface area contributed by atoms with Gasteiger partial charge >= 0.3 is 0 Å². The number of carbonyl (C=O) groups excluding carboxylic acids is 1. The van der Waals surface area contributed by atoms with Crippen molar-refractivity contribution in [2.24, 2.45) is 0 Å². The van der Waals surface area contributed by atoms with Gasteiger partial charge in [0.05, 0.1) is 0 Å². The molecule has 0 unspecified atom stereocenters. The van der Waals surface area contributed by atoms with Gasteiger partial charge in [0.1, 0.15) is 11.5 Å². The van der Waals surface area contributed by atoms with E-state index in [9.17, 15) is 4.79 Å². The maximum absolute atomic E-state index is 12.4. The molecular formula is C16H20N4O. The topological polar surface area (TPSA) is 58.1 Å². The quantitative estimate of drug-likeness (QED) is 0.885. The van der Waals surface area contributed by atoms with Gasteiger partial charge in [-0.1, -0.05) is 13.0 Å². The van der Waals surface area contributed by atoms with Crippen LogP contribution >= 0.6 is 0 Å². The van der Waals surface area contributed by atoms with Gasteiger partial charge < -0.3 is 10.2 Å². The summed E-state index contributed by atoms with van der Waals surface area (Å²) >= 11 is 0. The van der Waals surface area contributed by atoms with E-state index in [2.05, 4.69) is 22.2 Å². The third-order valence-corrected chi connectivity index (χ3v) is 3.04. The van der Waals surface area contributed by atoms with Gasteiger partial charge in [-0.15, -0.1) is 0 Å². The van der Waals surface area contributed by atoms with Crippen LogP contribution in [0.4, 0.5) is 5.82 Å². The lowest BCUT2D eigenvalue weighted by Crippen LogP contribution is -2.27. The summed E-state index contributed by atoms with van der Waals surface area (Å²) < 4.78 is 0. The zero-order valence-corrected chi connectivity index (χ0v) is 12.4. The van der Waals surface area contributed by atoms with Crippen molar-refractivity contribution in [3.8, 4) is 0 Å². The van der Waals surface area contributed by atoms with Crippen LogP contribution in [-0.2, 0) is 6.54 Å². The molecule has 110 valence electrons. The van der Waals surface area contributed by atoms with E-state index in [0.717, 1.165) is 24.3 Å². The fourth-order valence-corrected chi connectivity index (χ4v) is 1.93. The summed E-state index contributed by atoms with van der Waals surface area (Å²) in [6.45, 7) is 3.47. The van der Waals surface area contributed by atoms with Crippen LogP contribution in [0.5, 0.6) is 0 Å². The highest BCUT2D eigenvalue weighted by Crippen LogP contribution is 2.09. The van der Waals surface area contributed by atoms with Crippen molar-refractivity contribution in [1.29, 1.82) is 0 Å². The average molecular weight is 284 g/mol. The maximum atomic E-state index is 12.4. The monoisotopic (exact) mass is 284 g/mol. The van der Waals surface area contributed by atoms with E-state index in [0.29, 0.717) is 12.2 Å². The van der Waals surface area contributed by atoms with Crippen molar-refractivity contribution < 1.29 is 4.79 Å². The smallest absolute Gasteiger partial charge is 0.272 e.